The van der Waals surface area contributed by atoms with Crippen LogP contribution in [-0.4, -0.2) is 53.3 Å². The van der Waals surface area contributed by atoms with Gasteiger partial charge in [0.1, 0.15) is 5.82 Å². The molecule has 2 heterocycles. The summed E-state index contributed by atoms with van der Waals surface area (Å²) in [4.78, 5) is 18.6. The molecule has 1 saturated heterocycles. The number of amides is 1. The molecule has 2 N–H and O–H groups in total. The van der Waals surface area contributed by atoms with E-state index in [1.54, 1.807) is 11.0 Å². The lowest BCUT2D eigenvalue weighted by atomic mass is 10.1. The van der Waals surface area contributed by atoms with Gasteiger partial charge in [-0.2, -0.15) is 0 Å². The third-order valence-electron chi connectivity index (χ3n) is 4.88. The smallest absolute Gasteiger partial charge is 0.255 e. The van der Waals surface area contributed by atoms with E-state index in [1.165, 1.54) is 6.20 Å². The number of aliphatic hydroxyl groups excluding tert-OH is 1. The van der Waals surface area contributed by atoms with Crippen LogP contribution in [0.2, 0.25) is 5.02 Å². The van der Waals surface area contributed by atoms with Gasteiger partial charge in [0.2, 0.25) is 0 Å². The Morgan fingerprint density at radius 1 is 1.31 bits per heavy atom. The fourth-order valence-corrected chi connectivity index (χ4v) is 3.73. The number of nitrogens with one attached hydrogen (secondary N) is 1. The molecule has 1 aliphatic carbocycles. The minimum Gasteiger partial charge on any atom is -0.390 e. The Morgan fingerprint density at radius 3 is 2.85 bits per heavy atom. The third kappa shape index (κ3) is 3.28. The number of carbonyl (C=O) groups is 1. The molecular formula is C19H20ClN3O3. The van der Waals surface area contributed by atoms with Gasteiger partial charge in [-0.25, -0.2) is 4.98 Å². The number of benzene rings is 1. The van der Waals surface area contributed by atoms with Crippen molar-refractivity contribution in [1.82, 2.24) is 9.88 Å². The fraction of sp³-hybridized carbons (Fsp3) is 0.368. The Bertz CT molecular complexity index is 823. The molecule has 1 aromatic carbocycles. The molecule has 1 amide bonds. The first-order valence-electron chi connectivity index (χ1n) is 8.68. The van der Waals surface area contributed by atoms with Crippen LogP contribution >= 0.6 is 11.6 Å². The molecule has 0 bridgehead atoms. The number of hydrogen-bond donors (Lipinski definition) is 2. The Labute approximate surface area is 156 Å². The van der Waals surface area contributed by atoms with Crippen molar-refractivity contribution in [3.05, 3.63) is 58.2 Å². The molecular weight excluding hydrogens is 354 g/mol. The minimum atomic E-state index is -0.542. The number of ether oxygens (including phenoxy) is 1. The van der Waals surface area contributed by atoms with E-state index in [2.05, 4.69) is 10.3 Å². The molecule has 4 rings (SSSR count). The summed E-state index contributed by atoms with van der Waals surface area (Å²) in [5, 5.41) is 14.0. The number of halogens is 1. The normalized spacial score (nSPS) is 22.2. The second kappa shape index (κ2) is 7.23. The topological polar surface area (TPSA) is 74.7 Å². The van der Waals surface area contributed by atoms with Crippen LogP contribution in [-0.2, 0) is 11.2 Å². The predicted molar refractivity (Wildman–Crippen MR) is 98.5 cm³/mol. The van der Waals surface area contributed by atoms with Crippen LogP contribution in [0.25, 0.3) is 0 Å². The second-order valence-corrected chi connectivity index (χ2v) is 6.96. The fourth-order valence-electron chi connectivity index (χ4n) is 3.51. The molecule has 0 radical (unpaired) electrons. The number of fused-ring (bicyclic) bond motifs is 1. The number of anilines is 1. The van der Waals surface area contributed by atoms with Crippen LogP contribution in [0.5, 0.6) is 0 Å². The van der Waals surface area contributed by atoms with Crippen LogP contribution in [0, 0.1) is 0 Å². The lowest BCUT2D eigenvalue weighted by Gasteiger charge is -2.27. The van der Waals surface area contributed by atoms with Crippen molar-refractivity contribution in [2.45, 2.75) is 18.6 Å². The summed E-state index contributed by atoms with van der Waals surface area (Å²) >= 11 is 6.36. The van der Waals surface area contributed by atoms with Crippen molar-refractivity contribution >= 4 is 23.3 Å². The van der Waals surface area contributed by atoms with Crippen molar-refractivity contribution in [1.29, 1.82) is 0 Å². The highest BCUT2D eigenvalue weighted by atomic mass is 35.5. The highest BCUT2D eigenvalue weighted by molar-refractivity contribution is 6.33. The highest BCUT2D eigenvalue weighted by Gasteiger charge is 2.31. The van der Waals surface area contributed by atoms with Gasteiger partial charge in [0, 0.05) is 25.7 Å². The van der Waals surface area contributed by atoms with Crippen molar-refractivity contribution in [3.8, 4) is 0 Å². The van der Waals surface area contributed by atoms with Crippen molar-refractivity contribution in [2.24, 2.45) is 0 Å². The largest absolute Gasteiger partial charge is 0.390 e. The van der Waals surface area contributed by atoms with E-state index in [0.29, 0.717) is 49.1 Å². The van der Waals surface area contributed by atoms with Crippen LogP contribution in [0.1, 0.15) is 27.5 Å². The maximum atomic E-state index is 12.5. The molecule has 0 spiro atoms. The second-order valence-electron chi connectivity index (χ2n) is 6.55. The molecule has 7 heteroatoms. The van der Waals surface area contributed by atoms with E-state index < -0.39 is 6.10 Å². The number of nitrogens with zero attached hydrogens (tertiary/aromatic N) is 2. The summed E-state index contributed by atoms with van der Waals surface area (Å²) in [6.07, 6.45) is 1.58. The number of aliphatic hydroxyl groups is 1. The molecule has 1 aromatic heterocycles. The van der Waals surface area contributed by atoms with Crippen LogP contribution < -0.4 is 5.32 Å². The molecule has 1 aliphatic heterocycles. The molecule has 0 unspecified atom stereocenters. The first-order chi connectivity index (χ1) is 12.6. The van der Waals surface area contributed by atoms with Crippen molar-refractivity contribution in [3.63, 3.8) is 0 Å². The molecule has 6 nitrogen and oxygen atoms in total. The van der Waals surface area contributed by atoms with Gasteiger partial charge in [0.05, 0.1) is 35.9 Å². The standard InChI is InChI=1S/C19H20ClN3O3/c20-15-9-13(19(25)23-5-7-26-8-6-23)11-21-18(15)22-17-14-4-2-1-3-12(14)10-16(17)24/h1-4,9,11,16-17,24H,5-8,10H2,(H,21,22)/t16-,17+/m1/s1. The first-order valence-corrected chi connectivity index (χ1v) is 9.06. The Morgan fingerprint density at radius 2 is 2.08 bits per heavy atom. The van der Waals surface area contributed by atoms with E-state index in [1.807, 2.05) is 24.3 Å². The van der Waals surface area contributed by atoms with Crippen LogP contribution in [0.15, 0.2) is 36.5 Å². The maximum absolute atomic E-state index is 12.5. The highest BCUT2D eigenvalue weighted by Crippen LogP contribution is 2.35. The monoisotopic (exact) mass is 373 g/mol. The Balaban J connectivity index is 1.52. The molecule has 1 fully saturated rings. The predicted octanol–water partition coefficient (Wildman–Crippen LogP) is 2.28. The van der Waals surface area contributed by atoms with Crippen molar-refractivity contribution < 1.29 is 14.6 Å². The quantitative estimate of drug-likeness (QED) is 0.863. The minimum absolute atomic E-state index is 0.0968. The number of pyridine rings is 1. The van der Waals surface area contributed by atoms with E-state index in [-0.39, 0.29) is 11.9 Å². The van der Waals surface area contributed by atoms with E-state index in [4.69, 9.17) is 16.3 Å². The molecule has 26 heavy (non-hydrogen) atoms. The Kier molecular flexibility index (Phi) is 4.80. The van der Waals surface area contributed by atoms with E-state index in [0.717, 1.165) is 11.1 Å². The summed E-state index contributed by atoms with van der Waals surface area (Å²) in [7, 11) is 0. The molecule has 136 valence electrons. The number of aromatic nitrogens is 1. The lowest BCUT2D eigenvalue weighted by molar-refractivity contribution is 0.0302. The molecule has 0 saturated carbocycles. The van der Waals surface area contributed by atoms with Gasteiger partial charge in [-0.3, -0.25) is 4.79 Å². The van der Waals surface area contributed by atoms with Gasteiger partial charge in [0.25, 0.3) is 5.91 Å². The number of hydrogen-bond acceptors (Lipinski definition) is 5. The van der Waals surface area contributed by atoms with E-state index >= 15 is 0 Å². The Hall–Kier alpha value is -2.15. The van der Waals surface area contributed by atoms with Gasteiger partial charge in [-0.05, 0) is 17.2 Å². The number of rotatable bonds is 3. The molecule has 2 atom stereocenters. The first kappa shape index (κ1) is 17.3. The SMILES string of the molecule is O=C(c1cnc(N[C@H]2c3ccccc3C[C@H]2O)c(Cl)c1)N1CCOCC1. The van der Waals surface area contributed by atoms with Crippen LogP contribution in [0.4, 0.5) is 5.82 Å². The van der Waals surface area contributed by atoms with E-state index in [9.17, 15) is 9.90 Å². The molecule has 2 aromatic rings. The average molecular weight is 374 g/mol. The lowest BCUT2D eigenvalue weighted by Crippen LogP contribution is -2.40. The zero-order chi connectivity index (χ0) is 18.1. The van der Waals surface area contributed by atoms with Gasteiger partial charge >= 0.3 is 0 Å². The summed E-state index contributed by atoms with van der Waals surface area (Å²) in [6, 6.07) is 9.28. The molecule has 2 aliphatic rings. The van der Waals surface area contributed by atoms with Gasteiger partial charge in [-0.1, -0.05) is 35.9 Å². The summed E-state index contributed by atoms with van der Waals surface area (Å²) < 4.78 is 5.27. The summed E-state index contributed by atoms with van der Waals surface area (Å²) in [5.41, 5.74) is 2.62. The van der Waals surface area contributed by atoms with Crippen molar-refractivity contribution in [2.75, 3.05) is 31.6 Å². The van der Waals surface area contributed by atoms with Gasteiger partial charge < -0.3 is 20.1 Å². The zero-order valence-corrected chi connectivity index (χ0v) is 14.9. The zero-order valence-electron chi connectivity index (χ0n) is 14.2. The van der Waals surface area contributed by atoms with Gasteiger partial charge in [-0.15, -0.1) is 0 Å². The maximum Gasteiger partial charge on any atom is 0.255 e. The van der Waals surface area contributed by atoms with Gasteiger partial charge in [0.15, 0.2) is 0 Å². The summed E-state index contributed by atoms with van der Waals surface area (Å²) in [6.45, 7) is 2.24. The third-order valence-corrected chi connectivity index (χ3v) is 5.17. The summed E-state index contributed by atoms with van der Waals surface area (Å²) in [5.74, 6) is 0.367. The number of morpholine rings is 1. The number of carbonyl (C=O) groups excluding carboxylic acids is 1. The average Bonchev–Trinajstić information content (AvgIpc) is 2.99. The van der Waals surface area contributed by atoms with Crippen LogP contribution in [0.3, 0.4) is 0 Å².